The minimum Gasteiger partial charge on any atom is -0.381 e. The molecule has 1 unspecified atom stereocenters. The van der Waals surface area contributed by atoms with Crippen molar-refractivity contribution in [3.8, 4) is 0 Å². The van der Waals surface area contributed by atoms with E-state index in [2.05, 4.69) is 17.3 Å². The van der Waals surface area contributed by atoms with Crippen LogP contribution in [0.2, 0.25) is 0 Å². The molecule has 17 heavy (non-hydrogen) atoms. The van der Waals surface area contributed by atoms with E-state index in [-0.39, 0.29) is 10.6 Å². The number of likely N-dealkylation sites (N-methyl/N-ethyl adjacent to an activating group) is 1. The molecule has 1 aliphatic rings. The molecule has 2 rings (SSSR count). The van der Waals surface area contributed by atoms with Gasteiger partial charge in [0.2, 0.25) is 0 Å². The van der Waals surface area contributed by atoms with Crippen molar-refractivity contribution in [2.75, 3.05) is 25.5 Å². The molecule has 0 radical (unpaired) electrons. The molecule has 1 aliphatic heterocycles. The lowest BCUT2D eigenvalue weighted by molar-refractivity contribution is -0.384. The third-order valence-electron chi connectivity index (χ3n) is 3.07. The Morgan fingerprint density at radius 2 is 2.12 bits per heavy atom. The normalized spacial score (nSPS) is 21.1. The van der Waals surface area contributed by atoms with Crippen molar-refractivity contribution < 1.29 is 4.92 Å². The van der Waals surface area contributed by atoms with Crippen molar-refractivity contribution in [2.24, 2.45) is 0 Å². The maximum atomic E-state index is 10.5. The van der Waals surface area contributed by atoms with Gasteiger partial charge in [-0.2, -0.15) is 0 Å². The molecule has 0 aliphatic carbocycles. The molecule has 5 heteroatoms. The zero-order valence-electron chi connectivity index (χ0n) is 9.93. The Morgan fingerprint density at radius 3 is 2.71 bits per heavy atom. The Labute approximate surface area is 101 Å². The Kier molecular flexibility index (Phi) is 3.58. The molecule has 1 heterocycles. The average Bonchev–Trinajstić information content (AvgIpc) is 2.29. The molecule has 1 aromatic carbocycles. The van der Waals surface area contributed by atoms with Crippen molar-refractivity contribution >= 4 is 11.4 Å². The van der Waals surface area contributed by atoms with Gasteiger partial charge in [0.1, 0.15) is 0 Å². The fraction of sp³-hybridized carbons (Fsp3) is 0.500. The van der Waals surface area contributed by atoms with E-state index in [1.165, 1.54) is 18.6 Å². The average molecular weight is 235 g/mol. The van der Waals surface area contributed by atoms with Gasteiger partial charge in [0.15, 0.2) is 0 Å². The lowest BCUT2D eigenvalue weighted by Crippen LogP contribution is -2.39. The van der Waals surface area contributed by atoms with Crippen molar-refractivity contribution in [1.82, 2.24) is 4.90 Å². The van der Waals surface area contributed by atoms with Gasteiger partial charge in [-0.3, -0.25) is 10.1 Å². The molecule has 0 bridgehead atoms. The molecular weight excluding hydrogens is 218 g/mol. The van der Waals surface area contributed by atoms with Crippen LogP contribution in [-0.2, 0) is 0 Å². The van der Waals surface area contributed by atoms with E-state index in [4.69, 9.17) is 0 Å². The predicted molar refractivity (Wildman–Crippen MR) is 67.2 cm³/mol. The van der Waals surface area contributed by atoms with E-state index in [0.717, 1.165) is 25.2 Å². The van der Waals surface area contributed by atoms with Gasteiger partial charge in [0.25, 0.3) is 5.69 Å². The molecule has 1 fully saturated rings. The minimum atomic E-state index is -0.377. The fourth-order valence-electron chi connectivity index (χ4n) is 2.20. The SMILES string of the molecule is CN1CCCC(Nc2ccc([N+](=O)[O-])cc2)C1. The molecule has 0 spiro atoms. The first kappa shape index (κ1) is 11.9. The van der Waals surface area contributed by atoms with Gasteiger partial charge in [0.05, 0.1) is 4.92 Å². The number of likely N-dealkylation sites (tertiary alicyclic amines) is 1. The highest BCUT2D eigenvalue weighted by molar-refractivity contribution is 5.49. The topological polar surface area (TPSA) is 58.4 Å². The highest BCUT2D eigenvalue weighted by Crippen LogP contribution is 2.18. The summed E-state index contributed by atoms with van der Waals surface area (Å²) >= 11 is 0. The molecular formula is C12H17N3O2. The van der Waals surface area contributed by atoms with Crippen molar-refractivity contribution in [2.45, 2.75) is 18.9 Å². The van der Waals surface area contributed by atoms with Gasteiger partial charge < -0.3 is 10.2 Å². The summed E-state index contributed by atoms with van der Waals surface area (Å²) in [5.74, 6) is 0. The highest BCUT2D eigenvalue weighted by atomic mass is 16.6. The van der Waals surface area contributed by atoms with Crippen molar-refractivity contribution in [3.05, 3.63) is 34.4 Å². The smallest absolute Gasteiger partial charge is 0.269 e. The lowest BCUT2D eigenvalue weighted by atomic mass is 10.1. The molecule has 0 amide bonds. The number of nitro groups is 1. The molecule has 1 N–H and O–H groups in total. The van der Waals surface area contributed by atoms with E-state index >= 15 is 0 Å². The second-order valence-corrected chi connectivity index (χ2v) is 4.55. The summed E-state index contributed by atoms with van der Waals surface area (Å²) < 4.78 is 0. The summed E-state index contributed by atoms with van der Waals surface area (Å²) in [6.45, 7) is 2.18. The zero-order valence-corrected chi connectivity index (χ0v) is 9.93. The molecule has 0 saturated carbocycles. The number of hydrogen-bond donors (Lipinski definition) is 1. The van der Waals surface area contributed by atoms with E-state index in [1.54, 1.807) is 12.1 Å². The molecule has 1 atom stereocenters. The maximum Gasteiger partial charge on any atom is 0.269 e. The molecule has 92 valence electrons. The van der Waals surface area contributed by atoms with Crippen LogP contribution >= 0.6 is 0 Å². The van der Waals surface area contributed by atoms with Crippen LogP contribution in [0.5, 0.6) is 0 Å². The number of nitrogens with zero attached hydrogens (tertiary/aromatic N) is 2. The first-order chi connectivity index (χ1) is 8.15. The fourth-order valence-corrected chi connectivity index (χ4v) is 2.20. The number of nitrogens with one attached hydrogen (secondary N) is 1. The number of nitro benzene ring substituents is 1. The number of piperidine rings is 1. The van der Waals surface area contributed by atoms with Gasteiger partial charge in [-0.1, -0.05) is 0 Å². The van der Waals surface area contributed by atoms with Crippen molar-refractivity contribution in [1.29, 1.82) is 0 Å². The summed E-state index contributed by atoms with van der Waals surface area (Å²) in [5, 5.41) is 13.9. The second kappa shape index (κ2) is 5.14. The molecule has 5 nitrogen and oxygen atoms in total. The summed E-state index contributed by atoms with van der Waals surface area (Å²) in [4.78, 5) is 12.4. The maximum absolute atomic E-state index is 10.5. The van der Waals surface area contributed by atoms with Gasteiger partial charge in [0, 0.05) is 30.4 Å². The third-order valence-corrected chi connectivity index (χ3v) is 3.07. The van der Waals surface area contributed by atoms with Crippen LogP contribution in [0.1, 0.15) is 12.8 Å². The lowest BCUT2D eigenvalue weighted by Gasteiger charge is -2.30. The summed E-state index contributed by atoms with van der Waals surface area (Å²) in [6, 6.07) is 7.05. The van der Waals surface area contributed by atoms with Crippen LogP contribution in [-0.4, -0.2) is 36.0 Å². The summed E-state index contributed by atoms with van der Waals surface area (Å²) in [6.07, 6.45) is 2.35. The predicted octanol–water partition coefficient (Wildman–Crippen LogP) is 2.10. The van der Waals surface area contributed by atoms with Crippen LogP contribution in [0.25, 0.3) is 0 Å². The summed E-state index contributed by atoms with van der Waals surface area (Å²) in [5.41, 5.74) is 1.09. The van der Waals surface area contributed by atoms with Crippen LogP contribution in [0.4, 0.5) is 11.4 Å². The Balaban J connectivity index is 1.96. The third kappa shape index (κ3) is 3.17. The molecule has 1 saturated heterocycles. The Hall–Kier alpha value is -1.62. The minimum absolute atomic E-state index is 0.135. The van der Waals surface area contributed by atoms with Crippen LogP contribution in [0.15, 0.2) is 24.3 Å². The van der Waals surface area contributed by atoms with Crippen molar-refractivity contribution in [3.63, 3.8) is 0 Å². The molecule has 1 aromatic rings. The van der Waals surface area contributed by atoms with Gasteiger partial charge in [-0.05, 0) is 38.6 Å². The quantitative estimate of drug-likeness (QED) is 0.644. The summed E-state index contributed by atoms with van der Waals surface area (Å²) in [7, 11) is 2.11. The number of non-ortho nitro benzene ring substituents is 1. The number of hydrogen-bond acceptors (Lipinski definition) is 4. The largest absolute Gasteiger partial charge is 0.381 e. The van der Waals surface area contributed by atoms with Crippen LogP contribution < -0.4 is 5.32 Å². The van der Waals surface area contributed by atoms with Gasteiger partial charge in [-0.25, -0.2) is 0 Å². The number of rotatable bonds is 3. The van der Waals surface area contributed by atoms with Gasteiger partial charge in [-0.15, -0.1) is 0 Å². The zero-order chi connectivity index (χ0) is 12.3. The first-order valence-electron chi connectivity index (χ1n) is 5.84. The standard InChI is InChI=1S/C12H17N3O2/c1-14-8-2-3-11(9-14)13-10-4-6-12(7-5-10)15(16)17/h4-7,11,13H,2-3,8-9H2,1H3. The van der Waals surface area contributed by atoms with Crippen LogP contribution in [0, 0.1) is 10.1 Å². The first-order valence-corrected chi connectivity index (χ1v) is 5.84. The monoisotopic (exact) mass is 235 g/mol. The van der Waals surface area contributed by atoms with Crippen LogP contribution in [0.3, 0.4) is 0 Å². The highest BCUT2D eigenvalue weighted by Gasteiger charge is 2.16. The number of anilines is 1. The van der Waals surface area contributed by atoms with Gasteiger partial charge >= 0.3 is 0 Å². The van der Waals surface area contributed by atoms with E-state index < -0.39 is 0 Å². The van der Waals surface area contributed by atoms with E-state index in [0.29, 0.717) is 6.04 Å². The second-order valence-electron chi connectivity index (χ2n) is 4.55. The number of benzene rings is 1. The Morgan fingerprint density at radius 1 is 1.41 bits per heavy atom. The molecule has 0 aromatic heterocycles. The van der Waals surface area contributed by atoms with E-state index in [1.807, 2.05) is 0 Å². The Bertz CT molecular complexity index is 391. The van der Waals surface area contributed by atoms with E-state index in [9.17, 15) is 10.1 Å².